The van der Waals surface area contributed by atoms with Crippen molar-refractivity contribution in [3.05, 3.63) is 0 Å². The maximum Gasteiger partial charge on any atom is 0.183 e. The summed E-state index contributed by atoms with van der Waals surface area (Å²) < 4.78 is 0.589. The Bertz CT molecular complexity index is 169. The Morgan fingerprint density at radius 2 is 2.00 bits per heavy atom. The maximum absolute atomic E-state index is 10.6. The van der Waals surface area contributed by atoms with E-state index in [-0.39, 0.29) is 22.8 Å². The van der Waals surface area contributed by atoms with Crippen molar-refractivity contribution in [1.82, 2.24) is 0 Å². The van der Waals surface area contributed by atoms with Gasteiger partial charge in [-0.15, -0.1) is 6.42 Å². The second-order valence-electron chi connectivity index (χ2n) is 3.16. The summed E-state index contributed by atoms with van der Waals surface area (Å²) >= 11 is 0. The third-order valence-corrected chi connectivity index (χ3v) is 1.17. The molecule has 0 amide bonds. The fraction of sp³-hybridized carbons (Fsp3) is 0.625. The van der Waals surface area contributed by atoms with Gasteiger partial charge in [-0.1, -0.05) is 0 Å². The minimum absolute atomic E-state index is 0. The third kappa shape index (κ3) is 7.57. The van der Waals surface area contributed by atoms with E-state index >= 15 is 0 Å². The largest absolute Gasteiger partial charge is 1.00 e. The molecule has 0 saturated heterocycles. The van der Waals surface area contributed by atoms with Crippen molar-refractivity contribution in [2.45, 2.75) is 6.92 Å². The van der Waals surface area contributed by atoms with E-state index in [0.717, 1.165) is 0 Å². The van der Waals surface area contributed by atoms with Crippen LogP contribution in [-0.2, 0) is 4.79 Å². The molecule has 0 unspecified atom stereocenters. The van der Waals surface area contributed by atoms with E-state index < -0.39 is 0 Å². The van der Waals surface area contributed by atoms with Gasteiger partial charge in [-0.25, -0.2) is 0 Å². The van der Waals surface area contributed by atoms with Crippen molar-refractivity contribution in [3.8, 4) is 12.3 Å². The molecule has 0 spiro atoms. The van der Waals surface area contributed by atoms with Gasteiger partial charge in [0.2, 0.25) is 0 Å². The summed E-state index contributed by atoms with van der Waals surface area (Å²) in [4.78, 5) is 10.6. The van der Waals surface area contributed by atoms with Crippen LogP contribution in [0.2, 0.25) is 0 Å². The van der Waals surface area contributed by atoms with Gasteiger partial charge in [0.1, 0.15) is 13.1 Å². The normalized spacial score (nSPS) is 9.64. The molecule has 0 N–H and O–H groups in total. The molecule has 0 aliphatic rings. The van der Waals surface area contributed by atoms with E-state index in [1.807, 2.05) is 14.1 Å². The van der Waals surface area contributed by atoms with Crippen LogP contribution in [0.3, 0.4) is 0 Å². The Kier molecular flexibility index (Phi) is 6.44. The lowest BCUT2D eigenvalue weighted by Crippen LogP contribution is -3.00. The van der Waals surface area contributed by atoms with Crippen LogP contribution < -0.4 is 17.0 Å². The van der Waals surface area contributed by atoms with E-state index in [0.29, 0.717) is 17.6 Å². The van der Waals surface area contributed by atoms with Crippen molar-refractivity contribution in [2.24, 2.45) is 0 Å². The van der Waals surface area contributed by atoms with Crippen molar-refractivity contribution in [1.29, 1.82) is 0 Å². The summed E-state index contributed by atoms with van der Waals surface area (Å²) in [5.41, 5.74) is 0. The molecule has 0 aromatic heterocycles. The lowest BCUT2D eigenvalue weighted by molar-refractivity contribution is -0.875. The lowest BCUT2D eigenvalue weighted by atomic mass is 10.3. The van der Waals surface area contributed by atoms with Crippen LogP contribution in [0.25, 0.3) is 0 Å². The zero-order valence-electron chi connectivity index (χ0n) is 7.22. The molecule has 0 rings (SSSR count). The Labute approximate surface area is 78.9 Å². The van der Waals surface area contributed by atoms with Gasteiger partial charge in [0, 0.05) is 6.92 Å². The average molecular weight is 220 g/mol. The first-order valence-corrected chi connectivity index (χ1v) is 3.23. The highest BCUT2D eigenvalue weighted by Crippen LogP contribution is 1.94. The molecule has 0 saturated carbocycles. The number of terminal acetylenes is 1. The number of quaternary nitrogens is 1. The fourth-order valence-corrected chi connectivity index (χ4v) is 0.906. The number of nitrogens with zero attached hydrogens (tertiary/aromatic N) is 1. The molecule has 0 aromatic carbocycles. The van der Waals surface area contributed by atoms with Gasteiger partial charge in [-0.3, -0.25) is 4.79 Å². The van der Waals surface area contributed by atoms with Gasteiger partial charge in [0.15, 0.2) is 5.78 Å². The van der Waals surface area contributed by atoms with Crippen LogP contribution in [0.4, 0.5) is 0 Å². The number of likely N-dealkylation sites (N-methyl/N-ethyl adjacent to an activating group) is 1. The molecule has 0 heterocycles. The van der Waals surface area contributed by atoms with Crippen LogP contribution >= 0.6 is 0 Å². The van der Waals surface area contributed by atoms with Gasteiger partial charge >= 0.3 is 0 Å². The number of ketones is 1. The molecular formula is C8H14BrNO. The fourth-order valence-electron chi connectivity index (χ4n) is 0.906. The standard InChI is InChI=1S/C8H14NO.BrH/c1-5-6-9(3,4)7-8(2)10;/h1H,6-7H2,2-4H3;1H/q+1;/p-1. The Hall–Kier alpha value is -0.330. The lowest BCUT2D eigenvalue weighted by Gasteiger charge is -2.25. The second-order valence-corrected chi connectivity index (χ2v) is 3.16. The van der Waals surface area contributed by atoms with Gasteiger partial charge < -0.3 is 21.5 Å². The van der Waals surface area contributed by atoms with E-state index in [2.05, 4.69) is 5.92 Å². The SMILES string of the molecule is C#CC[N+](C)(C)CC(C)=O.[Br-]. The molecule has 0 atom stereocenters. The van der Waals surface area contributed by atoms with Gasteiger partial charge in [-0.05, 0) is 5.92 Å². The highest BCUT2D eigenvalue weighted by molar-refractivity contribution is 5.76. The summed E-state index contributed by atoms with van der Waals surface area (Å²) in [5, 5.41) is 0. The highest BCUT2D eigenvalue weighted by Gasteiger charge is 2.14. The topological polar surface area (TPSA) is 17.1 Å². The first-order valence-electron chi connectivity index (χ1n) is 3.23. The monoisotopic (exact) mass is 219 g/mol. The summed E-state index contributed by atoms with van der Waals surface area (Å²) in [6, 6.07) is 0. The minimum atomic E-state index is 0. The minimum Gasteiger partial charge on any atom is -1.00 e. The molecule has 2 nitrogen and oxygen atoms in total. The maximum atomic E-state index is 10.6. The van der Waals surface area contributed by atoms with Crippen LogP contribution in [0.5, 0.6) is 0 Å². The van der Waals surface area contributed by atoms with Crippen molar-refractivity contribution >= 4 is 5.78 Å². The summed E-state index contributed by atoms with van der Waals surface area (Å²) in [6.45, 7) is 2.71. The van der Waals surface area contributed by atoms with Crippen molar-refractivity contribution in [3.63, 3.8) is 0 Å². The quantitative estimate of drug-likeness (QED) is 0.373. The van der Waals surface area contributed by atoms with Gasteiger partial charge in [0.05, 0.1) is 14.1 Å². The van der Waals surface area contributed by atoms with Crippen LogP contribution in [0, 0.1) is 12.3 Å². The van der Waals surface area contributed by atoms with Crippen molar-refractivity contribution in [2.75, 3.05) is 27.2 Å². The average Bonchev–Trinajstić information content (AvgIpc) is 1.59. The number of halogens is 1. The zero-order chi connectivity index (χ0) is 8.20. The smallest absolute Gasteiger partial charge is 0.183 e. The molecule has 0 aromatic rings. The number of Topliss-reactive ketones (excluding diaryl/α,β-unsaturated/α-hetero) is 1. The number of rotatable bonds is 3. The zero-order valence-corrected chi connectivity index (χ0v) is 8.81. The van der Waals surface area contributed by atoms with E-state index in [1.165, 1.54) is 0 Å². The predicted octanol–water partition coefficient (Wildman–Crippen LogP) is -2.71. The molecule has 0 radical (unpaired) electrons. The molecule has 64 valence electrons. The highest BCUT2D eigenvalue weighted by atomic mass is 79.9. The van der Waals surface area contributed by atoms with E-state index in [1.54, 1.807) is 6.92 Å². The first-order chi connectivity index (χ1) is 4.48. The first kappa shape index (κ1) is 13.3. The number of hydrogen-bond acceptors (Lipinski definition) is 1. The molecule has 0 bridgehead atoms. The number of carbonyl (C=O) groups is 1. The summed E-state index contributed by atoms with van der Waals surface area (Å²) in [6.07, 6.45) is 5.11. The number of carbonyl (C=O) groups excluding carboxylic acids is 1. The Morgan fingerprint density at radius 3 is 2.27 bits per heavy atom. The predicted molar refractivity (Wildman–Crippen MR) is 41.4 cm³/mol. The second kappa shape index (κ2) is 5.34. The van der Waals surface area contributed by atoms with Gasteiger partial charge in [-0.2, -0.15) is 0 Å². The summed E-state index contributed by atoms with van der Waals surface area (Å²) in [5.74, 6) is 2.71. The van der Waals surface area contributed by atoms with E-state index in [4.69, 9.17) is 6.42 Å². The molecule has 0 aliphatic heterocycles. The number of hydrogen-bond donors (Lipinski definition) is 0. The molecular weight excluding hydrogens is 206 g/mol. The molecule has 0 fully saturated rings. The molecule has 11 heavy (non-hydrogen) atoms. The molecule has 3 heteroatoms. The Balaban J connectivity index is 0. The van der Waals surface area contributed by atoms with Crippen LogP contribution in [0.15, 0.2) is 0 Å². The van der Waals surface area contributed by atoms with Crippen LogP contribution in [-0.4, -0.2) is 37.5 Å². The third-order valence-electron chi connectivity index (χ3n) is 1.17. The van der Waals surface area contributed by atoms with Gasteiger partial charge in [0.25, 0.3) is 0 Å². The van der Waals surface area contributed by atoms with Crippen molar-refractivity contribution < 1.29 is 26.3 Å². The Morgan fingerprint density at radius 1 is 1.55 bits per heavy atom. The molecule has 0 aliphatic carbocycles. The summed E-state index contributed by atoms with van der Waals surface area (Å²) in [7, 11) is 3.89. The van der Waals surface area contributed by atoms with Crippen LogP contribution in [0.1, 0.15) is 6.92 Å². The van der Waals surface area contributed by atoms with E-state index in [9.17, 15) is 4.79 Å².